The van der Waals surface area contributed by atoms with Crippen molar-refractivity contribution in [3.05, 3.63) is 12.7 Å². The first-order valence-corrected chi connectivity index (χ1v) is 4.03. The van der Waals surface area contributed by atoms with E-state index in [4.69, 9.17) is 0 Å². The molecule has 0 unspecified atom stereocenters. The Morgan fingerprint density at radius 1 is 1.60 bits per heavy atom. The lowest BCUT2D eigenvalue weighted by Gasteiger charge is -2.13. The molecule has 0 spiro atoms. The lowest BCUT2D eigenvalue weighted by Crippen LogP contribution is -2.14. The Morgan fingerprint density at radius 2 is 2.20 bits per heavy atom. The molecule has 0 amide bonds. The van der Waals surface area contributed by atoms with Gasteiger partial charge in [0.15, 0.2) is 0 Å². The molecule has 0 rings (SSSR count). The molecular weight excluding hydrogens is 124 g/mol. The summed E-state index contributed by atoms with van der Waals surface area (Å²) in [5.41, 5.74) is 0. The van der Waals surface area contributed by atoms with E-state index in [-0.39, 0.29) is 12.0 Å². The predicted octanol–water partition coefficient (Wildman–Crippen LogP) is 2.36. The van der Waals surface area contributed by atoms with Crippen LogP contribution in [0, 0.1) is 5.92 Å². The summed E-state index contributed by atoms with van der Waals surface area (Å²) < 4.78 is 0. The largest absolute Gasteiger partial charge is 0.393 e. The third-order valence-electron chi connectivity index (χ3n) is 1.83. The van der Waals surface area contributed by atoms with Crippen molar-refractivity contribution >= 4 is 0 Å². The van der Waals surface area contributed by atoms with Gasteiger partial charge in [0.2, 0.25) is 0 Å². The van der Waals surface area contributed by atoms with Crippen molar-refractivity contribution in [1.29, 1.82) is 0 Å². The number of aliphatic hydroxyl groups excluding tert-OH is 1. The number of hydrogen-bond donors (Lipinski definition) is 1. The summed E-state index contributed by atoms with van der Waals surface area (Å²) in [6, 6.07) is 0. The Labute approximate surface area is 63.8 Å². The molecule has 1 heteroatoms. The molecule has 2 atom stereocenters. The van der Waals surface area contributed by atoms with Crippen molar-refractivity contribution in [1.82, 2.24) is 0 Å². The molecule has 0 aliphatic carbocycles. The highest BCUT2D eigenvalue weighted by atomic mass is 16.3. The standard InChI is InChI=1S/C9H18O/c1-4-6-7-9(10)8(3)5-2/h5,8-10H,2,4,6-7H2,1,3H3/t8-,9-/m0/s1. The highest BCUT2D eigenvalue weighted by Crippen LogP contribution is 2.10. The SMILES string of the molecule is C=C[C@H](C)[C@@H](O)CCCC. The van der Waals surface area contributed by atoms with Crippen LogP contribution in [0.25, 0.3) is 0 Å². The topological polar surface area (TPSA) is 20.2 Å². The van der Waals surface area contributed by atoms with Crippen molar-refractivity contribution in [2.24, 2.45) is 5.92 Å². The van der Waals surface area contributed by atoms with E-state index in [1.165, 1.54) is 0 Å². The zero-order valence-corrected chi connectivity index (χ0v) is 7.01. The van der Waals surface area contributed by atoms with E-state index in [0.29, 0.717) is 0 Å². The van der Waals surface area contributed by atoms with Crippen LogP contribution in [0.1, 0.15) is 33.1 Å². The quantitative estimate of drug-likeness (QED) is 0.584. The molecule has 0 fully saturated rings. The minimum atomic E-state index is -0.183. The third-order valence-corrected chi connectivity index (χ3v) is 1.83. The van der Waals surface area contributed by atoms with Crippen molar-refractivity contribution in [3.8, 4) is 0 Å². The zero-order chi connectivity index (χ0) is 7.98. The molecule has 0 saturated heterocycles. The van der Waals surface area contributed by atoms with Gasteiger partial charge in [-0.1, -0.05) is 32.8 Å². The van der Waals surface area contributed by atoms with Gasteiger partial charge >= 0.3 is 0 Å². The number of rotatable bonds is 5. The maximum absolute atomic E-state index is 9.38. The van der Waals surface area contributed by atoms with Crippen molar-refractivity contribution in [2.75, 3.05) is 0 Å². The summed E-state index contributed by atoms with van der Waals surface area (Å²) in [5, 5.41) is 9.38. The van der Waals surface area contributed by atoms with Gasteiger partial charge in [-0.25, -0.2) is 0 Å². The lowest BCUT2D eigenvalue weighted by molar-refractivity contribution is 0.126. The van der Waals surface area contributed by atoms with E-state index in [1.54, 1.807) is 6.08 Å². The first-order chi connectivity index (χ1) is 4.72. The molecular formula is C9H18O. The fraction of sp³-hybridized carbons (Fsp3) is 0.778. The molecule has 1 nitrogen and oxygen atoms in total. The fourth-order valence-corrected chi connectivity index (χ4v) is 0.833. The van der Waals surface area contributed by atoms with Crippen molar-refractivity contribution in [3.63, 3.8) is 0 Å². The molecule has 0 aromatic carbocycles. The second-order valence-electron chi connectivity index (χ2n) is 2.80. The summed E-state index contributed by atoms with van der Waals surface area (Å²) in [7, 11) is 0. The van der Waals surface area contributed by atoms with Crippen LogP contribution in [-0.4, -0.2) is 11.2 Å². The van der Waals surface area contributed by atoms with Gasteiger partial charge in [0, 0.05) is 0 Å². The van der Waals surface area contributed by atoms with Crippen LogP contribution in [0.3, 0.4) is 0 Å². The molecule has 0 radical (unpaired) electrons. The first kappa shape index (κ1) is 9.70. The smallest absolute Gasteiger partial charge is 0.0600 e. The Bertz CT molecular complexity index is 88.7. The average Bonchev–Trinajstić information content (AvgIpc) is 1.98. The summed E-state index contributed by atoms with van der Waals surface area (Å²) in [6.07, 6.45) is 4.79. The maximum Gasteiger partial charge on any atom is 0.0600 e. The van der Waals surface area contributed by atoms with E-state index in [9.17, 15) is 5.11 Å². The van der Waals surface area contributed by atoms with Crippen LogP contribution < -0.4 is 0 Å². The van der Waals surface area contributed by atoms with Gasteiger partial charge in [-0.15, -0.1) is 6.58 Å². The van der Waals surface area contributed by atoms with E-state index >= 15 is 0 Å². The van der Waals surface area contributed by atoms with Crippen LogP contribution in [0.2, 0.25) is 0 Å². The predicted molar refractivity (Wildman–Crippen MR) is 44.9 cm³/mol. The second-order valence-corrected chi connectivity index (χ2v) is 2.80. The fourth-order valence-electron chi connectivity index (χ4n) is 0.833. The molecule has 0 bridgehead atoms. The van der Waals surface area contributed by atoms with Gasteiger partial charge in [0.25, 0.3) is 0 Å². The van der Waals surface area contributed by atoms with Gasteiger partial charge in [-0.2, -0.15) is 0 Å². The number of hydrogen-bond acceptors (Lipinski definition) is 1. The minimum absolute atomic E-state index is 0.183. The first-order valence-electron chi connectivity index (χ1n) is 4.03. The van der Waals surface area contributed by atoms with E-state index in [0.717, 1.165) is 19.3 Å². The van der Waals surface area contributed by atoms with Gasteiger partial charge in [-0.3, -0.25) is 0 Å². The normalized spacial score (nSPS) is 16.3. The number of aliphatic hydroxyl groups is 1. The van der Waals surface area contributed by atoms with Crippen LogP contribution in [-0.2, 0) is 0 Å². The Hall–Kier alpha value is -0.300. The van der Waals surface area contributed by atoms with Crippen LogP contribution in [0.4, 0.5) is 0 Å². The Morgan fingerprint density at radius 3 is 2.60 bits per heavy atom. The van der Waals surface area contributed by atoms with Gasteiger partial charge in [0.05, 0.1) is 6.10 Å². The average molecular weight is 142 g/mol. The van der Waals surface area contributed by atoms with Gasteiger partial charge < -0.3 is 5.11 Å². The van der Waals surface area contributed by atoms with E-state index in [2.05, 4.69) is 13.5 Å². The molecule has 0 aliphatic heterocycles. The molecule has 1 N–H and O–H groups in total. The highest BCUT2D eigenvalue weighted by Gasteiger charge is 2.08. The maximum atomic E-state index is 9.38. The summed E-state index contributed by atoms with van der Waals surface area (Å²) >= 11 is 0. The molecule has 0 heterocycles. The van der Waals surface area contributed by atoms with Crippen LogP contribution >= 0.6 is 0 Å². The van der Waals surface area contributed by atoms with Crippen LogP contribution in [0.15, 0.2) is 12.7 Å². The molecule has 0 saturated carbocycles. The molecule has 60 valence electrons. The van der Waals surface area contributed by atoms with E-state index in [1.807, 2.05) is 6.92 Å². The van der Waals surface area contributed by atoms with Crippen molar-refractivity contribution in [2.45, 2.75) is 39.2 Å². The van der Waals surface area contributed by atoms with E-state index < -0.39 is 0 Å². The summed E-state index contributed by atoms with van der Waals surface area (Å²) in [4.78, 5) is 0. The molecule has 10 heavy (non-hydrogen) atoms. The Balaban J connectivity index is 3.40. The minimum Gasteiger partial charge on any atom is -0.393 e. The summed E-state index contributed by atoms with van der Waals surface area (Å²) in [5.74, 6) is 0.242. The molecule has 0 aromatic rings. The summed E-state index contributed by atoms with van der Waals surface area (Å²) in [6.45, 7) is 7.75. The van der Waals surface area contributed by atoms with Crippen molar-refractivity contribution < 1.29 is 5.11 Å². The Kier molecular flexibility index (Phi) is 5.32. The monoisotopic (exact) mass is 142 g/mol. The second kappa shape index (κ2) is 5.48. The molecule has 0 aliphatic rings. The lowest BCUT2D eigenvalue weighted by atomic mass is 10.0. The van der Waals surface area contributed by atoms with Crippen LogP contribution in [0.5, 0.6) is 0 Å². The third kappa shape index (κ3) is 3.67. The molecule has 0 aromatic heterocycles. The highest BCUT2D eigenvalue weighted by molar-refractivity contribution is 4.80. The number of unbranched alkanes of at least 4 members (excludes halogenated alkanes) is 1. The zero-order valence-electron chi connectivity index (χ0n) is 7.01. The van der Waals surface area contributed by atoms with Gasteiger partial charge in [0.1, 0.15) is 0 Å². The van der Waals surface area contributed by atoms with Gasteiger partial charge in [-0.05, 0) is 12.3 Å².